The van der Waals surface area contributed by atoms with E-state index in [9.17, 15) is 4.79 Å². The van der Waals surface area contributed by atoms with Gasteiger partial charge in [0.25, 0.3) is 0 Å². The van der Waals surface area contributed by atoms with Crippen molar-refractivity contribution in [2.75, 3.05) is 34.4 Å². The normalized spacial score (nSPS) is 14.8. The summed E-state index contributed by atoms with van der Waals surface area (Å²) in [6, 6.07) is 16.3. The minimum absolute atomic E-state index is 0.0641. The van der Waals surface area contributed by atoms with Crippen LogP contribution in [0.3, 0.4) is 0 Å². The maximum atomic E-state index is 13.1. The van der Waals surface area contributed by atoms with Gasteiger partial charge >= 0.3 is 6.03 Å². The number of methoxy groups -OCH3 is 2. The zero-order valence-corrected chi connectivity index (χ0v) is 18.9. The summed E-state index contributed by atoms with van der Waals surface area (Å²) >= 11 is 0. The highest BCUT2D eigenvalue weighted by atomic mass is 16.5. The van der Waals surface area contributed by atoms with E-state index in [4.69, 9.17) is 9.47 Å². The van der Waals surface area contributed by atoms with E-state index < -0.39 is 0 Å². The van der Waals surface area contributed by atoms with E-state index in [2.05, 4.69) is 34.1 Å². The molecule has 7 heteroatoms. The van der Waals surface area contributed by atoms with Gasteiger partial charge in [0, 0.05) is 44.5 Å². The van der Waals surface area contributed by atoms with Crippen LogP contribution in [-0.4, -0.2) is 65.8 Å². The van der Waals surface area contributed by atoms with E-state index in [1.165, 1.54) is 5.56 Å². The molecule has 0 aliphatic carbocycles. The average molecular weight is 435 g/mol. The molecule has 0 atom stereocenters. The number of imidazole rings is 1. The van der Waals surface area contributed by atoms with Gasteiger partial charge in [-0.3, -0.25) is 9.47 Å². The molecule has 0 unspecified atom stereocenters. The van der Waals surface area contributed by atoms with Gasteiger partial charge in [0.1, 0.15) is 6.33 Å². The molecule has 1 aliphatic rings. The Morgan fingerprint density at radius 2 is 1.78 bits per heavy atom. The van der Waals surface area contributed by atoms with Crippen molar-refractivity contribution in [2.24, 2.45) is 0 Å². The number of aromatic nitrogens is 2. The number of benzene rings is 2. The monoisotopic (exact) mass is 434 g/mol. The van der Waals surface area contributed by atoms with E-state index >= 15 is 0 Å². The van der Waals surface area contributed by atoms with Crippen LogP contribution < -0.4 is 9.47 Å². The summed E-state index contributed by atoms with van der Waals surface area (Å²) < 4.78 is 12.2. The predicted octanol–water partition coefficient (Wildman–Crippen LogP) is 4.13. The van der Waals surface area contributed by atoms with Gasteiger partial charge in [0.2, 0.25) is 0 Å². The molecule has 0 radical (unpaired) electrons. The van der Waals surface area contributed by atoms with Crippen LogP contribution >= 0.6 is 0 Å². The third-order valence-corrected chi connectivity index (χ3v) is 6.14. The maximum Gasteiger partial charge on any atom is 0.329 e. The highest BCUT2D eigenvalue weighted by molar-refractivity contribution is 5.78. The van der Waals surface area contributed by atoms with Gasteiger partial charge in [0.05, 0.1) is 19.9 Å². The molecule has 1 aromatic heterocycles. The minimum atomic E-state index is -0.0641. The number of carbonyl (C=O) groups excluding carboxylic acids is 1. The number of amides is 1. The lowest BCUT2D eigenvalue weighted by Gasteiger charge is -2.36. The molecule has 1 aliphatic heterocycles. The quantitative estimate of drug-likeness (QED) is 0.584. The fraction of sp³-hybridized carbons (Fsp3) is 0.360. The number of carbonyl (C=O) groups is 1. The van der Waals surface area contributed by atoms with Crippen LogP contribution in [0.4, 0.5) is 4.79 Å². The SMILES string of the molecule is COc1ccc(-c2cn(C(=O)N(C)C3CCN(Cc4ccccc4)CC3)cn2)cc1OC. The van der Waals surface area contributed by atoms with Crippen molar-refractivity contribution in [1.82, 2.24) is 19.4 Å². The van der Waals surface area contributed by atoms with E-state index in [1.54, 1.807) is 31.3 Å². The largest absolute Gasteiger partial charge is 0.493 e. The predicted molar refractivity (Wildman–Crippen MR) is 124 cm³/mol. The number of piperidine rings is 1. The molecular weight excluding hydrogens is 404 g/mol. The van der Waals surface area contributed by atoms with Crippen LogP contribution in [0.15, 0.2) is 61.1 Å². The molecule has 168 valence electrons. The summed E-state index contributed by atoms with van der Waals surface area (Å²) in [7, 11) is 5.09. The molecule has 32 heavy (non-hydrogen) atoms. The highest BCUT2D eigenvalue weighted by Gasteiger charge is 2.26. The Morgan fingerprint density at radius 3 is 2.47 bits per heavy atom. The summed E-state index contributed by atoms with van der Waals surface area (Å²) in [6.45, 7) is 2.93. The van der Waals surface area contributed by atoms with E-state index in [0.717, 1.165) is 38.0 Å². The molecule has 3 aromatic rings. The van der Waals surface area contributed by atoms with Gasteiger partial charge in [-0.1, -0.05) is 30.3 Å². The summed E-state index contributed by atoms with van der Waals surface area (Å²) in [5, 5.41) is 0. The molecule has 0 N–H and O–H groups in total. The van der Waals surface area contributed by atoms with Crippen molar-refractivity contribution in [3.8, 4) is 22.8 Å². The summed E-state index contributed by atoms with van der Waals surface area (Å²) in [5.74, 6) is 1.29. The third-order valence-electron chi connectivity index (χ3n) is 6.14. The Hall–Kier alpha value is -3.32. The molecule has 0 spiro atoms. The zero-order chi connectivity index (χ0) is 22.5. The standard InChI is InChI=1S/C25H30N4O3/c1-27(21-11-13-28(14-12-21)16-19-7-5-4-6-8-19)25(30)29-17-22(26-18-29)20-9-10-23(31-2)24(15-20)32-3/h4-10,15,17-18,21H,11-14,16H2,1-3H3. The van der Waals surface area contributed by atoms with Gasteiger partial charge in [0.15, 0.2) is 11.5 Å². The molecule has 1 amide bonds. The summed E-state index contributed by atoms with van der Waals surface area (Å²) in [5.41, 5.74) is 2.91. The Balaban J connectivity index is 1.37. The van der Waals surface area contributed by atoms with Crippen molar-refractivity contribution in [3.05, 3.63) is 66.6 Å². The van der Waals surface area contributed by atoms with Crippen LogP contribution in [0.2, 0.25) is 0 Å². The Bertz CT molecular complexity index is 1040. The van der Waals surface area contributed by atoms with Gasteiger partial charge in [-0.2, -0.15) is 0 Å². The van der Waals surface area contributed by atoms with Crippen molar-refractivity contribution < 1.29 is 14.3 Å². The second-order valence-corrected chi connectivity index (χ2v) is 8.12. The Morgan fingerprint density at radius 1 is 1.06 bits per heavy atom. The lowest BCUT2D eigenvalue weighted by Crippen LogP contribution is -2.46. The average Bonchev–Trinajstić information content (AvgIpc) is 3.34. The lowest BCUT2D eigenvalue weighted by atomic mass is 10.0. The first kappa shape index (κ1) is 21.9. The van der Waals surface area contributed by atoms with Crippen LogP contribution in [0.1, 0.15) is 18.4 Å². The number of rotatable bonds is 6. The first-order chi connectivity index (χ1) is 15.6. The van der Waals surface area contributed by atoms with E-state index in [-0.39, 0.29) is 12.1 Å². The van der Waals surface area contributed by atoms with Gasteiger partial charge in [-0.05, 0) is 36.6 Å². The first-order valence-electron chi connectivity index (χ1n) is 10.9. The van der Waals surface area contributed by atoms with Crippen molar-refractivity contribution in [3.63, 3.8) is 0 Å². The molecule has 7 nitrogen and oxygen atoms in total. The number of nitrogens with zero attached hydrogens (tertiary/aromatic N) is 4. The fourth-order valence-electron chi connectivity index (χ4n) is 4.22. The topological polar surface area (TPSA) is 59.8 Å². The molecule has 2 aromatic carbocycles. The molecule has 0 saturated carbocycles. The molecule has 0 bridgehead atoms. The molecular formula is C25H30N4O3. The summed E-state index contributed by atoms with van der Waals surface area (Å²) in [6.07, 6.45) is 5.28. The minimum Gasteiger partial charge on any atom is -0.493 e. The van der Waals surface area contributed by atoms with Gasteiger partial charge in [-0.15, -0.1) is 0 Å². The smallest absolute Gasteiger partial charge is 0.329 e. The van der Waals surface area contributed by atoms with Crippen LogP contribution in [0.5, 0.6) is 11.5 Å². The fourth-order valence-corrected chi connectivity index (χ4v) is 4.22. The lowest BCUT2D eigenvalue weighted by molar-refractivity contribution is 0.132. The van der Waals surface area contributed by atoms with Crippen LogP contribution in [-0.2, 0) is 6.54 Å². The molecule has 2 heterocycles. The molecule has 1 fully saturated rings. The second-order valence-electron chi connectivity index (χ2n) is 8.12. The second kappa shape index (κ2) is 9.87. The summed E-state index contributed by atoms with van der Waals surface area (Å²) in [4.78, 5) is 21.8. The molecule has 4 rings (SSSR count). The number of hydrogen-bond acceptors (Lipinski definition) is 5. The van der Waals surface area contributed by atoms with Crippen molar-refractivity contribution in [2.45, 2.75) is 25.4 Å². The van der Waals surface area contributed by atoms with E-state index in [0.29, 0.717) is 17.2 Å². The van der Waals surface area contributed by atoms with E-state index in [1.807, 2.05) is 36.2 Å². The highest BCUT2D eigenvalue weighted by Crippen LogP contribution is 2.31. The van der Waals surface area contributed by atoms with Crippen LogP contribution in [0.25, 0.3) is 11.3 Å². The van der Waals surface area contributed by atoms with Gasteiger partial charge in [-0.25, -0.2) is 9.78 Å². The number of hydrogen-bond donors (Lipinski definition) is 0. The van der Waals surface area contributed by atoms with Crippen molar-refractivity contribution >= 4 is 6.03 Å². The van der Waals surface area contributed by atoms with Crippen molar-refractivity contribution in [1.29, 1.82) is 0 Å². The first-order valence-corrected chi connectivity index (χ1v) is 10.9. The Kier molecular flexibility index (Phi) is 6.75. The third kappa shape index (κ3) is 4.78. The Labute approximate surface area is 189 Å². The number of ether oxygens (including phenoxy) is 2. The maximum absolute atomic E-state index is 13.1. The number of likely N-dealkylation sites (tertiary alicyclic amines) is 1. The van der Waals surface area contributed by atoms with Gasteiger partial charge < -0.3 is 14.4 Å². The molecule has 1 saturated heterocycles. The van der Waals surface area contributed by atoms with Crippen LogP contribution in [0, 0.1) is 0 Å². The zero-order valence-electron chi connectivity index (χ0n) is 18.9.